The molecule has 0 spiro atoms. The Labute approximate surface area is 71.2 Å². The van der Waals surface area contributed by atoms with Crippen molar-refractivity contribution in [3.8, 4) is 6.07 Å². The van der Waals surface area contributed by atoms with Gasteiger partial charge in [0.1, 0.15) is 11.8 Å². The Morgan fingerprint density at radius 1 is 1.25 bits per heavy atom. The van der Waals surface area contributed by atoms with Crippen LogP contribution in [0.5, 0.6) is 0 Å². The van der Waals surface area contributed by atoms with E-state index in [0.717, 1.165) is 18.5 Å². The second-order valence-electron chi connectivity index (χ2n) is 2.80. The first kappa shape index (κ1) is 7.05. The molecule has 0 atom stereocenters. The lowest BCUT2D eigenvalue weighted by Gasteiger charge is -2.10. The molecule has 0 unspecified atom stereocenters. The molecular weight excluding hydrogens is 148 g/mol. The van der Waals surface area contributed by atoms with Crippen molar-refractivity contribution >= 4 is 11.4 Å². The molecule has 58 valence electrons. The van der Waals surface area contributed by atoms with E-state index < -0.39 is 0 Å². The largest absolute Gasteiger partial charge is 0.242 e. The number of fused-ring (bicyclic) bond motifs is 1. The number of hydrogen-bond donors (Lipinski definition) is 0. The fourth-order valence-electron chi connectivity index (χ4n) is 1.37. The molecule has 0 N–H and O–H groups in total. The van der Waals surface area contributed by atoms with Gasteiger partial charge in [-0.1, -0.05) is 18.2 Å². The van der Waals surface area contributed by atoms with Gasteiger partial charge in [0, 0.05) is 6.42 Å². The lowest BCUT2D eigenvalue weighted by Crippen LogP contribution is -2.02. The van der Waals surface area contributed by atoms with Gasteiger partial charge in [-0.3, -0.25) is 0 Å². The Kier molecular flexibility index (Phi) is 1.64. The average molecular weight is 156 g/mol. The topological polar surface area (TPSA) is 36.1 Å². The molecule has 0 fully saturated rings. The summed E-state index contributed by atoms with van der Waals surface area (Å²) in [6, 6.07) is 10.1. The summed E-state index contributed by atoms with van der Waals surface area (Å²) in [5.74, 6) is 0. The molecule has 0 saturated carbocycles. The standard InChI is InChI=1S/C10H8N2/c11-7-9-6-5-8-3-1-2-4-10(8)12-9/h1-4H,5-6H2. The van der Waals surface area contributed by atoms with Gasteiger partial charge in [0.15, 0.2) is 0 Å². The maximum Gasteiger partial charge on any atom is 0.118 e. The maximum absolute atomic E-state index is 8.64. The molecule has 1 heterocycles. The number of para-hydroxylation sites is 1. The van der Waals surface area contributed by atoms with Gasteiger partial charge in [-0.2, -0.15) is 5.26 Å². The van der Waals surface area contributed by atoms with E-state index in [9.17, 15) is 0 Å². The third-order valence-corrected chi connectivity index (χ3v) is 2.01. The van der Waals surface area contributed by atoms with Crippen molar-refractivity contribution in [3.05, 3.63) is 29.8 Å². The molecule has 0 radical (unpaired) electrons. The van der Waals surface area contributed by atoms with E-state index in [1.54, 1.807) is 0 Å². The van der Waals surface area contributed by atoms with Gasteiger partial charge in [-0.15, -0.1) is 0 Å². The normalized spacial score (nSPS) is 14.4. The smallest absolute Gasteiger partial charge is 0.118 e. The highest BCUT2D eigenvalue weighted by Crippen LogP contribution is 2.24. The number of rotatable bonds is 0. The summed E-state index contributed by atoms with van der Waals surface area (Å²) in [6.45, 7) is 0. The molecule has 12 heavy (non-hydrogen) atoms. The number of nitriles is 1. The molecule has 2 nitrogen and oxygen atoms in total. The molecule has 0 saturated heterocycles. The van der Waals surface area contributed by atoms with Crippen LogP contribution in [-0.4, -0.2) is 5.71 Å². The Morgan fingerprint density at radius 2 is 2.08 bits per heavy atom. The van der Waals surface area contributed by atoms with Gasteiger partial charge in [-0.25, -0.2) is 4.99 Å². The number of aryl methyl sites for hydroxylation is 1. The van der Waals surface area contributed by atoms with Crippen molar-refractivity contribution in [2.45, 2.75) is 12.8 Å². The Bertz CT molecular complexity index is 372. The highest BCUT2D eigenvalue weighted by atomic mass is 14.8. The number of hydrogen-bond acceptors (Lipinski definition) is 2. The summed E-state index contributed by atoms with van der Waals surface area (Å²) >= 11 is 0. The van der Waals surface area contributed by atoms with E-state index >= 15 is 0 Å². The Morgan fingerprint density at radius 3 is 2.92 bits per heavy atom. The number of benzene rings is 1. The van der Waals surface area contributed by atoms with Gasteiger partial charge in [-0.05, 0) is 18.1 Å². The third-order valence-electron chi connectivity index (χ3n) is 2.01. The van der Waals surface area contributed by atoms with Crippen LogP contribution in [0.15, 0.2) is 29.3 Å². The van der Waals surface area contributed by atoms with Crippen LogP contribution in [-0.2, 0) is 6.42 Å². The predicted molar refractivity (Wildman–Crippen MR) is 47.5 cm³/mol. The lowest BCUT2D eigenvalue weighted by molar-refractivity contribution is 1.01. The van der Waals surface area contributed by atoms with Crippen LogP contribution < -0.4 is 0 Å². The summed E-state index contributed by atoms with van der Waals surface area (Å²) in [6.07, 6.45) is 1.73. The molecule has 1 aliphatic rings. The van der Waals surface area contributed by atoms with Crippen LogP contribution in [0.4, 0.5) is 5.69 Å². The van der Waals surface area contributed by atoms with Crippen molar-refractivity contribution < 1.29 is 0 Å². The van der Waals surface area contributed by atoms with Crippen LogP contribution >= 0.6 is 0 Å². The van der Waals surface area contributed by atoms with E-state index in [1.807, 2.05) is 18.2 Å². The zero-order valence-corrected chi connectivity index (χ0v) is 6.62. The van der Waals surface area contributed by atoms with Crippen molar-refractivity contribution in [1.29, 1.82) is 5.26 Å². The van der Waals surface area contributed by atoms with Crippen LogP contribution in [0.25, 0.3) is 0 Å². The summed E-state index contributed by atoms with van der Waals surface area (Å²) in [5, 5.41) is 8.64. The average Bonchev–Trinajstić information content (AvgIpc) is 2.17. The highest BCUT2D eigenvalue weighted by Gasteiger charge is 2.09. The minimum absolute atomic E-state index is 0.647. The van der Waals surface area contributed by atoms with Gasteiger partial charge in [0.05, 0.1) is 5.69 Å². The van der Waals surface area contributed by atoms with E-state index in [2.05, 4.69) is 17.1 Å². The summed E-state index contributed by atoms with van der Waals surface area (Å²) in [7, 11) is 0. The van der Waals surface area contributed by atoms with Gasteiger partial charge in [0.25, 0.3) is 0 Å². The minimum Gasteiger partial charge on any atom is -0.242 e. The first-order chi connectivity index (χ1) is 5.90. The maximum atomic E-state index is 8.64. The minimum atomic E-state index is 0.647. The second-order valence-corrected chi connectivity index (χ2v) is 2.80. The van der Waals surface area contributed by atoms with Crippen LogP contribution in [0.3, 0.4) is 0 Å². The van der Waals surface area contributed by atoms with Gasteiger partial charge >= 0.3 is 0 Å². The second kappa shape index (κ2) is 2.78. The van der Waals surface area contributed by atoms with Crippen molar-refractivity contribution in [2.24, 2.45) is 4.99 Å². The highest BCUT2D eigenvalue weighted by molar-refractivity contribution is 6.01. The fourth-order valence-corrected chi connectivity index (χ4v) is 1.37. The quantitative estimate of drug-likeness (QED) is 0.567. The molecule has 0 bridgehead atoms. The summed E-state index contributed by atoms with van der Waals surface area (Å²) in [4.78, 5) is 4.22. The lowest BCUT2D eigenvalue weighted by atomic mass is 10.0. The zero-order valence-electron chi connectivity index (χ0n) is 6.62. The molecule has 1 aromatic rings. The van der Waals surface area contributed by atoms with Crippen molar-refractivity contribution in [3.63, 3.8) is 0 Å². The SMILES string of the molecule is N#CC1=Nc2ccccc2CC1. The van der Waals surface area contributed by atoms with E-state index in [-0.39, 0.29) is 0 Å². The van der Waals surface area contributed by atoms with Gasteiger partial charge in [0.2, 0.25) is 0 Å². The monoisotopic (exact) mass is 156 g/mol. The fraction of sp³-hybridized carbons (Fsp3) is 0.200. The summed E-state index contributed by atoms with van der Waals surface area (Å²) < 4.78 is 0. The molecular formula is C10H8N2. The molecule has 0 amide bonds. The Hall–Kier alpha value is -1.62. The van der Waals surface area contributed by atoms with Crippen LogP contribution in [0.1, 0.15) is 12.0 Å². The molecule has 2 rings (SSSR count). The number of nitrogens with zero attached hydrogens (tertiary/aromatic N) is 2. The van der Waals surface area contributed by atoms with Crippen molar-refractivity contribution in [1.82, 2.24) is 0 Å². The third kappa shape index (κ3) is 1.10. The van der Waals surface area contributed by atoms with E-state index in [4.69, 9.17) is 5.26 Å². The van der Waals surface area contributed by atoms with Crippen LogP contribution in [0, 0.1) is 11.3 Å². The van der Waals surface area contributed by atoms with Gasteiger partial charge < -0.3 is 0 Å². The zero-order chi connectivity index (χ0) is 8.39. The van der Waals surface area contributed by atoms with E-state index in [0.29, 0.717) is 5.71 Å². The molecule has 0 aromatic heterocycles. The van der Waals surface area contributed by atoms with Crippen molar-refractivity contribution in [2.75, 3.05) is 0 Å². The summed E-state index contributed by atoms with van der Waals surface area (Å²) in [5.41, 5.74) is 2.85. The Balaban J connectivity index is 2.49. The molecule has 1 aliphatic heterocycles. The first-order valence-corrected chi connectivity index (χ1v) is 3.96. The molecule has 2 heteroatoms. The molecule has 0 aliphatic carbocycles. The van der Waals surface area contributed by atoms with Crippen LogP contribution in [0.2, 0.25) is 0 Å². The first-order valence-electron chi connectivity index (χ1n) is 3.96. The number of aliphatic imine (C=N–C) groups is 1. The molecule has 1 aromatic carbocycles. The van der Waals surface area contributed by atoms with E-state index in [1.165, 1.54) is 5.56 Å². The predicted octanol–water partition coefficient (Wildman–Crippen LogP) is 2.23.